The standard InChI is InChI=1S/C25H30F3NO5/c1-15-8-16(2)14-29(13-15)23(31)12-20(17-6-5-7-18(9-17)34-25(26,27)28)24-21(30)10-19(32-3)11-22(24)33-4/h5-7,9-11,15-16,20,30H,8,12-14H2,1-4H3. The minimum Gasteiger partial charge on any atom is -0.507 e. The molecule has 1 saturated heterocycles. The van der Waals surface area contributed by atoms with E-state index in [-0.39, 0.29) is 23.8 Å². The molecule has 3 atom stereocenters. The predicted molar refractivity (Wildman–Crippen MR) is 120 cm³/mol. The van der Waals surface area contributed by atoms with E-state index in [0.29, 0.717) is 41.8 Å². The topological polar surface area (TPSA) is 68.2 Å². The number of phenols is 1. The van der Waals surface area contributed by atoms with E-state index in [1.165, 1.54) is 38.5 Å². The van der Waals surface area contributed by atoms with E-state index in [1.807, 2.05) is 0 Å². The van der Waals surface area contributed by atoms with Crippen molar-refractivity contribution in [3.05, 3.63) is 47.5 Å². The van der Waals surface area contributed by atoms with Crippen molar-refractivity contribution in [2.75, 3.05) is 27.3 Å². The number of methoxy groups -OCH3 is 2. The minimum atomic E-state index is -4.86. The van der Waals surface area contributed by atoms with Gasteiger partial charge in [-0.25, -0.2) is 0 Å². The third kappa shape index (κ3) is 6.27. The summed E-state index contributed by atoms with van der Waals surface area (Å²) in [6, 6.07) is 8.40. The molecule has 3 rings (SSSR count). The summed E-state index contributed by atoms with van der Waals surface area (Å²) in [4.78, 5) is 15.1. The lowest BCUT2D eigenvalue weighted by atomic mass is 9.85. The first-order chi connectivity index (χ1) is 16.0. The average molecular weight is 482 g/mol. The van der Waals surface area contributed by atoms with Gasteiger partial charge in [-0.2, -0.15) is 0 Å². The van der Waals surface area contributed by atoms with Crippen molar-refractivity contribution in [2.45, 2.75) is 39.0 Å². The minimum absolute atomic E-state index is 0.0643. The van der Waals surface area contributed by atoms with Crippen LogP contribution < -0.4 is 14.2 Å². The van der Waals surface area contributed by atoms with Gasteiger partial charge < -0.3 is 24.2 Å². The van der Waals surface area contributed by atoms with E-state index in [9.17, 15) is 23.1 Å². The van der Waals surface area contributed by atoms with E-state index in [1.54, 1.807) is 17.0 Å². The number of carbonyl (C=O) groups excluding carboxylic acids is 1. The second-order valence-corrected chi connectivity index (χ2v) is 8.88. The molecule has 9 heteroatoms. The number of likely N-dealkylation sites (tertiary alicyclic amines) is 1. The molecule has 2 aromatic carbocycles. The lowest BCUT2D eigenvalue weighted by Crippen LogP contribution is -2.43. The molecule has 0 aromatic heterocycles. The van der Waals surface area contributed by atoms with E-state index in [4.69, 9.17) is 9.47 Å². The number of carbonyl (C=O) groups is 1. The van der Waals surface area contributed by atoms with Crippen LogP contribution in [0.2, 0.25) is 0 Å². The van der Waals surface area contributed by atoms with Crippen molar-refractivity contribution in [3.8, 4) is 23.0 Å². The maximum absolute atomic E-state index is 13.4. The number of nitrogens with zero attached hydrogens (tertiary/aromatic N) is 1. The normalized spacial score (nSPS) is 19.4. The lowest BCUT2D eigenvalue weighted by molar-refractivity contribution is -0.274. The van der Waals surface area contributed by atoms with Crippen molar-refractivity contribution >= 4 is 5.91 Å². The molecule has 3 unspecified atom stereocenters. The van der Waals surface area contributed by atoms with E-state index >= 15 is 0 Å². The Morgan fingerprint density at radius 2 is 1.76 bits per heavy atom. The first-order valence-corrected chi connectivity index (χ1v) is 11.1. The number of amides is 1. The van der Waals surface area contributed by atoms with E-state index in [2.05, 4.69) is 18.6 Å². The maximum atomic E-state index is 13.4. The van der Waals surface area contributed by atoms with Crippen molar-refractivity contribution in [1.82, 2.24) is 4.90 Å². The van der Waals surface area contributed by atoms with Crippen LogP contribution in [-0.2, 0) is 4.79 Å². The largest absolute Gasteiger partial charge is 0.573 e. The van der Waals surface area contributed by atoms with Crippen LogP contribution >= 0.6 is 0 Å². The smallest absolute Gasteiger partial charge is 0.507 e. The van der Waals surface area contributed by atoms with Crippen molar-refractivity contribution in [2.24, 2.45) is 11.8 Å². The molecular weight excluding hydrogens is 451 g/mol. The maximum Gasteiger partial charge on any atom is 0.573 e. The molecular formula is C25H30F3NO5. The molecule has 0 spiro atoms. The fourth-order valence-electron chi connectivity index (χ4n) is 4.71. The van der Waals surface area contributed by atoms with Crippen molar-refractivity contribution < 1.29 is 37.3 Å². The van der Waals surface area contributed by atoms with E-state index < -0.39 is 18.0 Å². The number of hydrogen-bond donors (Lipinski definition) is 1. The summed E-state index contributed by atoms with van der Waals surface area (Å²) in [5.74, 6) is -0.225. The summed E-state index contributed by atoms with van der Waals surface area (Å²) >= 11 is 0. The van der Waals surface area contributed by atoms with Gasteiger partial charge in [0.25, 0.3) is 0 Å². The average Bonchev–Trinajstić information content (AvgIpc) is 2.75. The van der Waals surface area contributed by atoms with Crippen LogP contribution in [-0.4, -0.2) is 49.6 Å². The summed E-state index contributed by atoms with van der Waals surface area (Å²) in [5.41, 5.74) is 0.672. The van der Waals surface area contributed by atoms with Crippen LogP contribution in [0.4, 0.5) is 13.2 Å². The molecule has 1 aliphatic rings. The van der Waals surface area contributed by atoms with Gasteiger partial charge in [0.15, 0.2) is 0 Å². The zero-order chi connectivity index (χ0) is 25.0. The highest BCUT2D eigenvalue weighted by molar-refractivity contribution is 5.78. The molecule has 186 valence electrons. The highest BCUT2D eigenvalue weighted by atomic mass is 19.4. The molecule has 6 nitrogen and oxygen atoms in total. The molecule has 1 heterocycles. The molecule has 34 heavy (non-hydrogen) atoms. The predicted octanol–water partition coefficient (Wildman–Crippen LogP) is 5.33. The fourth-order valence-corrected chi connectivity index (χ4v) is 4.71. The number of alkyl halides is 3. The number of hydrogen-bond acceptors (Lipinski definition) is 5. The molecule has 2 aromatic rings. The zero-order valence-corrected chi connectivity index (χ0v) is 19.7. The van der Waals surface area contributed by atoms with Gasteiger partial charge in [0, 0.05) is 43.1 Å². The third-order valence-corrected chi connectivity index (χ3v) is 5.99. The Morgan fingerprint density at radius 1 is 1.09 bits per heavy atom. The van der Waals surface area contributed by atoms with Crippen LogP contribution in [0.5, 0.6) is 23.0 Å². The van der Waals surface area contributed by atoms with Crippen LogP contribution in [0.3, 0.4) is 0 Å². The molecule has 1 aliphatic heterocycles. The second kappa shape index (κ2) is 10.4. The van der Waals surface area contributed by atoms with Crippen LogP contribution in [0, 0.1) is 11.8 Å². The van der Waals surface area contributed by atoms with Crippen LogP contribution in [0.15, 0.2) is 36.4 Å². The molecule has 0 saturated carbocycles. The highest BCUT2D eigenvalue weighted by Crippen LogP contribution is 2.44. The number of rotatable bonds is 7. The Hall–Kier alpha value is -3.10. The van der Waals surface area contributed by atoms with Crippen molar-refractivity contribution in [3.63, 3.8) is 0 Å². The Morgan fingerprint density at radius 3 is 2.35 bits per heavy atom. The number of piperidine rings is 1. The van der Waals surface area contributed by atoms with Gasteiger partial charge in [-0.05, 0) is 36.0 Å². The number of benzene rings is 2. The summed E-state index contributed by atoms with van der Waals surface area (Å²) in [5, 5.41) is 10.8. The van der Waals surface area contributed by atoms with Gasteiger partial charge in [-0.1, -0.05) is 26.0 Å². The van der Waals surface area contributed by atoms with Gasteiger partial charge in [0.05, 0.1) is 14.2 Å². The number of phenolic OH excluding ortho intramolecular Hbond substituents is 1. The number of aromatic hydroxyl groups is 1. The lowest BCUT2D eigenvalue weighted by Gasteiger charge is -2.36. The monoisotopic (exact) mass is 481 g/mol. The highest BCUT2D eigenvalue weighted by Gasteiger charge is 2.33. The summed E-state index contributed by atoms with van der Waals surface area (Å²) in [6.45, 7) is 5.39. The van der Waals surface area contributed by atoms with Crippen LogP contribution in [0.25, 0.3) is 0 Å². The molecule has 1 N–H and O–H groups in total. The van der Waals surface area contributed by atoms with Gasteiger partial charge in [0.2, 0.25) is 5.91 Å². The van der Waals surface area contributed by atoms with Gasteiger partial charge in [0.1, 0.15) is 23.0 Å². The SMILES string of the molecule is COc1cc(O)c(C(CC(=O)N2CC(C)CC(C)C2)c2cccc(OC(F)(F)F)c2)c(OC)c1. The summed E-state index contributed by atoms with van der Waals surface area (Å²) in [6.07, 6.45) is -3.90. The Labute approximate surface area is 197 Å². The van der Waals surface area contributed by atoms with Gasteiger partial charge in [-0.3, -0.25) is 4.79 Å². The van der Waals surface area contributed by atoms with Crippen LogP contribution in [0.1, 0.15) is 43.7 Å². The summed E-state index contributed by atoms with van der Waals surface area (Å²) < 4.78 is 53.2. The van der Waals surface area contributed by atoms with E-state index in [0.717, 1.165) is 6.42 Å². The second-order valence-electron chi connectivity index (χ2n) is 8.88. The molecule has 0 aliphatic carbocycles. The quantitative estimate of drug-likeness (QED) is 0.579. The number of ether oxygens (including phenoxy) is 3. The fraction of sp³-hybridized carbons (Fsp3) is 0.480. The van der Waals surface area contributed by atoms with Crippen molar-refractivity contribution in [1.29, 1.82) is 0 Å². The third-order valence-electron chi connectivity index (χ3n) is 5.99. The molecule has 0 radical (unpaired) electrons. The zero-order valence-electron chi connectivity index (χ0n) is 19.7. The van der Waals surface area contributed by atoms with Gasteiger partial charge in [-0.15, -0.1) is 13.2 Å². The molecule has 0 bridgehead atoms. The first-order valence-electron chi connectivity index (χ1n) is 11.1. The molecule has 1 fully saturated rings. The Bertz CT molecular complexity index is 1000. The van der Waals surface area contributed by atoms with Gasteiger partial charge >= 0.3 is 6.36 Å². The summed E-state index contributed by atoms with van der Waals surface area (Å²) in [7, 11) is 2.85. The Balaban J connectivity index is 2.05. The number of halogens is 3. The first kappa shape index (κ1) is 25.5. The Kier molecular flexibility index (Phi) is 7.84. The molecule has 1 amide bonds.